The van der Waals surface area contributed by atoms with Gasteiger partial charge < -0.3 is 20.5 Å². The summed E-state index contributed by atoms with van der Waals surface area (Å²) in [5, 5.41) is 2.75. The van der Waals surface area contributed by atoms with Crippen LogP contribution in [0.4, 0.5) is 11.4 Å². The summed E-state index contributed by atoms with van der Waals surface area (Å²) in [6.07, 6.45) is 1.06. The standard InChI is InChI=1S/C14H20N2O4S/c1-19-10-5-6-12(11(15)8-10)16-13(17)4-3-7-21-9-14(18)20-2/h5-6,8H,3-4,7,9,15H2,1-2H3,(H,16,17). The third-order valence-electron chi connectivity index (χ3n) is 2.67. The molecule has 0 saturated carbocycles. The van der Waals surface area contributed by atoms with E-state index in [9.17, 15) is 9.59 Å². The van der Waals surface area contributed by atoms with Crippen LogP contribution in [0.1, 0.15) is 12.8 Å². The first kappa shape index (κ1) is 17.2. The largest absolute Gasteiger partial charge is 0.497 e. The Morgan fingerprint density at radius 2 is 2.10 bits per heavy atom. The minimum atomic E-state index is -0.254. The first-order chi connectivity index (χ1) is 10.1. The molecular weight excluding hydrogens is 292 g/mol. The zero-order chi connectivity index (χ0) is 15.7. The lowest BCUT2D eigenvalue weighted by atomic mass is 10.2. The van der Waals surface area contributed by atoms with Gasteiger partial charge in [0.25, 0.3) is 0 Å². The number of nitrogens with one attached hydrogen (secondary N) is 1. The molecule has 21 heavy (non-hydrogen) atoms. The number of nitrogen functional groups attached to an aromatic ring is 1. The van der Waals surface area contributed by atoms with Crippen LogP contribution in [-0.2, 0) is 14.3 Å². The zero-order valence-electron chi connectivity index (χ0n) is 12.2. The maximum absolute atomic E-state index is 11.8. The van der Waals surface area contributed by atoms with E-state index in [1.54, 1.807) is 25.3 Å². The molecule has 0 aliphatic carbocycles. The highest BCUT2D eigenvalue weighted by Gasteiger charge is 2.07. The van der Waals surface area contributed by atoms with Crippen molar-refractivity contribution in [1.29, 1.82) is 0 Å². The van der Waals surface area contributed by atoms with Gasteiger partial charge in [0.15, 0.2) is 0 Å². The fourth-order valence-corrected chi connectivity index (χ4v) is 2.32. The summed E-state index contributed by atoms with van der Waals surface area (Å²) < 4.78 is 9.57. The van der Waals surface area contributed by atoms with Crippen LogP contribution in [0, 0.1) is 0 Å². The smallest absolute Gasteiger partial charge is 0.315 e. The van der Waals surface area contributed by atoms with Crippen molar-refractivity contribution in [3.63, 3.8) is 0 Å². The normalized spacial score (nSPS) is 10.0. The lowest BCUT2D eigenvalue weighted by Crippen LogP contribution is -2.13. The van der Waals surface area contributed by atoms with Crippen LogP contribution < -0.4 is 15.8 Å². The van der Waals surface area contributed by atoms with Crippen molar-refractivity contribution in [3.8, 4) is 5.75 Å². The van der Waals surface area contributed by atoms with Gasteiger partial charge in [0.05, 0.1) is 31.3 Å². The van der Waals surface area contributed by atoms with Gasteiger partial charge in [-0.2, -0.15) is 11.8 Å². The highest BCUT2D eigenvalue weighted by molar-refractivity contribution is 7.99. The third kappa shape index (κ3) is 6.40. The summed E-state index contributed by atoms with van der Waals surface area (Å²) in [5.74, 6) is 1.31. The lowest BCUT2D eigenvalue weighted by Gasteiger charge is -2.09. The first-order valence-corrected chi connectivity index (χ1v) is 7.60. The number of esters is 1. The van der Waals surface area contributed by atoms with Crippen molar-refractivity contribution < 1.29 is 19.1 Å². The second-order valence-electron chi connectivity index (χ2n) is 4.23. The van der Waals surface area contributed by atoms with E-state index in [1.165, 1.54) is 18.9 Å². The number of hydrogen-bond donors (Lipinski definition) is 2. The fourth-order valence-electron chi connectivity index (χ4n) is 1.54. The maximum atomic E-state index is 11.8. The van der Waals surface area contributed by atoms with Gasteiger partial charge in [-0.25, -0.2) is 0 Å². The van der Waals surface area contributed by atoms with Crippen LogP contribution in [0.2, 0.25) is 0 Å². The summed E-state index contributed by atoms with van der Waals surface area (Å²) in [7, 11) is 2.91. The van der Waals surface area contributed by atoms with E-state index >= 15 is 0 Å². The number of hydrogen-bond acceptors (Lipinski definition) is 6. The molecule has 0 aliphatic heterocycles. The van der Waals surface area contributed by atoms with Crippen molar-refractivity contribution in [2.24, 2.45) is 0 Å². The molecule has 1 rings (SSSR count). The van der Waals surface area contributed by atoms with Crippen molar-refractivity contribution in [3.05, 3.63) is 18.2 Å². The molecule has 0 unspecified atom stereocenters. The number of anilines is 2. The number of nitrogens with two attached hydrogens (primary N) is 1. The monoisotopic (exact) mass is 312 g/mol. The molecule has 3 N–H and O–H groups in total. The fraction of sp³-hybridized carbons (Fsp3) is 0.429. The van der Waals surface area contributed by atoms with E-state index in [0.717, 1.165) is 5.75 Å². The minimum Gasteiger partial charge on any atom is -0.497 e. The molecule has 0 aromatic heterocycles. The molecule has 0 heterocycles. The number of rotatable bonds is 8. The molecule has 0 radical (unpaired) electrons. The summed E-state index contributed by atoms with van der Waals surface area (Å²) in [6, 6.07) is 5.10. The van der Waals surface area contributed by atoms with Crippen LogP contribution in [-0.4, -0.2) is 37.6 Å². The summed E-state index contributed by atoms with van der Waals surface area (Å²) in [5.41, 5.74) is 6.85. The number of benzene rings is 1. The molecule has 0 saturated heterocycles. The Hall–Kier alpha value is -1.89. The quantitative estimate of drug-likeness (QED) is 0.433. The molecule has 7 heteroatoms. The van der Waals surface area contributed by atoms with Gasteiger partial charge in [-0.1, -0.05) is 0 Å². The average Bonchev–Trinajstić information content (AvgIpc) is 2.48. The predicted octanol–water partition coefficient (Wildman–Crippen LogP) is 1.90. The zero-order valence-corrected chi connectivity index (χ0v) is 13.0. The number of methoxy groups -OCH3 is 2. The highest BCUT2D eigenvalue weighted by atomic mass is 32.2. The Kier molecular flexibility index (Phi) is 7.45. The Morgan fingerprint density at radius 3 is 2.71 bits per heavy atom. The Labute approximate surface area is 128 Å². The Balaban J connectivity index is 2.29. The van der Waals surface area contributed by atoms with Crippen molar-refractivity contribution in [1.82, 2.24) is 0 Å². The van der Waals surface area contributed by atoms with E-state index < -0.39 is 0 Å². The molecule has 116 valence electrons. The first-order valence-electron chi connectivity index (χ1n) is 6.44. The SMILES string of the molecule is COC(=O)CSCCCC(=O)Nc1ccc(OC)cc1N. The second-order valence-corrected chi connectivity index (χ2v) is 5.34. The van der Waals surface area contributed by atoms with Crippen molar-refractivity contribution in [2.75, 3.05) is 36.8 Å². The summed E-state index contributed by atoms with van der Waals surface area (Å²) in [6.45, 7) is 0. The molecule has 6 nitrogen and oxygen atoms in total. The number of amides is 1. The Bertz CT molecular complexity index is 494. The minimum absolute atomic E-state index is 0.106. The lowest BCUT2D eigenvalue weighted by molar-refractivity contribution is -0.137. The Morgan fingerprint density at radius 1 is 1.33 bits per heavy atom. The van der Waals surface area contributed by atoms with Crippen molar-refractivity contribution >= 4 is 35.0 Å². The van der Waals surface area contributed by atoms with Gasteiger partial charge in [-0.3, -0.25) is 9.59 Å². The predicted molar refractivity (Wildman–Crippen MR) is 84.6 cm³/mol. The molecule has 0 fully saturated rings. The molecular formula is C14H20N2O4S. The van der Waals surface area contributed by atoms with E-state index in [2.05, 4.69) is 10.1 Å². The summed E-state index contributed by atoms with van der Waals surface area (Å²) >= 11 is 1.45. The maximum Gasteiger partial charge on any atom is 0.315 e. The van der Waals surface area contributed by atoms with Gasteiger partial charge in [-0.15, -0.1) is 0 Å². The molecule has 0 bridgehead atoms. The van der Waals surface area contributed by atoms with Crippen molar-refractivity contribution in [2.45, 2.75) is 12.8 Å². The van der Waals surface area contributed by atoms with Gasteiger partial charge in [-0.05, 0) is 24.3 Å². The van der Waals surface area contributed by atoms with Gasteiger partial charge >= 0.3 is 5.97 Å². The average molecular weight is 312 g/mol. The molecule has 1 amide bonds. The summed E-state index contributed by atoms with van der Waals surface area (Å²) in [4.78, 5) is 22.7. The topological polar surface area (TPSA) is 90.7 Å². The van der Waals surface area contributed by atoms with Crippen LogP contribution in [0.15, 0.2) is 18.2 Å². The van der Waals surface area contributed by atoms with Crippen LogP contribution in [0.25, 0.3) is 0 Å². The van der Waals surface area contributed by atoms with Gasteiger partial charge in [0.2, 0.25) is 5.91 Å². The van der Waals surface area contributed by atoms with E-state index in [1.807, 2.05) is 0 Å². The van der Waals surface area contributed by atoms with E-state index in [0.29, 0.717) is 35.7 Å². The number of thioether (sulfide) groups is 1. The van der Waals surface area contributed by atoms with E-state index in [4.69, 9.17) is 10.5 Å². The number of ether oxygens (including phenoxy) is 2. The van der Waals surface area contributed by atoms with Crippen LogP contribution in [0.5, 0.6) is 5.75 Å². The van der Waals surface area contributed by atoms with Gasteiger partial charge in [0.1, 0.15) is 5.75 Å². The molecule has 0 atom stereocenters. The molecule has 1 aromatic rings. The molecule has 0 aliphatic rings. The number of carbonyl (C=O) groups excluding carboxylic acids is 2. The van der Waals surface area contributed by atoms with Gasteiger partial charge in [0, 0.05) is 12.5 Å². The molecule has 0 spiro atoms. The number of carbonyl (C=O) groups is 2. The van der Waals surface area contributed by atoms with Crippen LogP contribution >= 0.6 is 11.8 Å². The third-order valence-corrected chi connectivity index (χ3v) is 3.69. The highest BCUT2D eigenvalue weighted by Crippen LogP contribution is 2.24. The van der Waals surface area contributed by atoms with Crippen LogP contribution in [0.3, 0.4) is 0 Å². The van der Waals surface area contributed by atoms with E-state index in [-0.39, 0.29) is 11.9 Å². The second kappa shape index (κ2) is 9.12. The molecule has 1 aromatic carbocycles.